The number of carbonyl (C=O) groups is 1. The molecule has 0 aliphatic carbocycles. The van der Waals surface area contributed by atoms with Gasteiger partial charge in [-0.1, -0.05) is 56.9 Å². The highest BCUT2D eigenvalue weighted by atomic mass is 16.5. The van der Waals surface area contributed by atoms with Crippen LogP contribution in [0.15, 0.2) is 48.5 Å². The monoisotopic (exact) mass is 410 g/mol. The van der Waals surface area contributed by atoms with Crippen molar-refractivity contribution < 1.29 is 14.3 Å². The minimum Gasteiger partial charge on any atom is -0.494 e. The number of methoxy groups -OCH3 is 1. The Morgan fingerprint density at radius 1 is 0.967 bits per heavy atom. The van der Waals surface area contributed by atoms with E-state index in [9.17, 15) is 4.79 Å². The topological polar surface area (TPSA) is 50.8 Å². The van der Waals surface area contributed by atoms with E-state index in [4.69, 9.17) is 9.47 Å². The highest BCUT2D eigenvalue weighted by Gasteiger charge is 2.32. The molecule has 0 saturated heterocycles. The fourth-order valence-corrected chi connectivity index (χ4v) is 3.84. The Labute approximate surface area is 180 Å². The average Bonchev–Trinajstić information content (AvgIpc) is 2.78. The Balaban J connectivity index is 1.72. The lowest BCUT2D eigenvalue weighted by Crippen LogP contribution is -2.43. The average molecular weight is 411 g/mol. The molecule has 0 saturated carbocycles. The van der Waals surface area contributed by atoms with Gasteiger partial charge < -0.3 is 19.7 Å². The van der Waals surface area contributed by atoms with E-state index in [0.29, 0.717) is 18.7 Å². The second-order valence-corrected chi connectivity index (χ2v) is 7.77. The largest absolute Gasteiger partial charge is 0.494 e. The van der Waals surface area contributed by atoms with Gasteiger partial charge in [-0.25, -0.2) is 0 Å². The highest BCUT2D eigenvalue weighted by Crippen LogP contribution is 2.34. The summed E-state index contributed by atoms with van der Waals surface area (Å²) in [5, 5.41) is 3.55. The van der Waals surface area contributed by atoms with Crippen molar-refractivity contribution >= 4 is 11.6 Å². The smallest absolute Gasteiger partial charge is 0.257 e. The van der Waals surface area contributed by atoms with Crippen LogP contribution in [-0.4, -0.2) is 37.7 Å². The van der Waals surface area contributed by atoms with Gasteiger partial charge in [0.05, 0.1) is 12.2 Å². The van der Waals surface area contributed by atoms with Crippen molar-refractivity contribution in [2.75, 3.05) is 32.2 Å². The van der Waals surface area contributed by atoms with Gasteiger partial charge in [-0.2, -0.15) is 0 Å². The molecule has 1 unspecified atom stereocenters. The molecule has 1 amide bonds. The molecule has 1 heterocycles. The molecule has 0 aromatic heterocycles. The number of hydrogen-bond acceptors (Lipinski definition) is 4. The van der Waals surface area contributed by atoms with Crippen LogP contribution in [0, 0.1) is 0 Å². The van der Waals surface area contributed by atoms with E-state index in [1.54, 1.807) is 7.11 Å². The summed E-state index contributed by atoms with van der Waals surface area (Å²) in [7, 11) is 1.69. The first-order valence-corrected chi connectivity index (χ1v) is 11.1. The van der Waals surface area contributed by atoms with E-state index in [2.05, 4.69) is 18.3 Å². The van der Waals surface area contributed by atoms with Crippen molar-refractivity contribution in [2.24, 2.45) is 0 Å². The summed E-state index contributed by atoms with van der Waals surface area (Å²) in [6.07, 6.45) is 6.65. The molecule has 0 spiro atoms. The Bertz CT molecular complexity index is 808. The molecule has 2 aromatic carbocycles. The second-order valence-electron chi connectivity index (χ2n) is 7.77. The first-order valence-electron chi connectivity index (χ1n) is 11.1. The van der Waals surface area contributed by atoms with Crippen molar-refractivity contribution in [1.29, 1.82) is 0 Å². The molecule has 30 heavy (non-hydrogen) atoms. The zero-order valence-corrected chi connectivity index (χ0v) is 18.2. The van der Waals surface area contributed by atoms with Gasteiger partial charge in [-0.05, 0) is 42.7 Å². The van der Waals surface area contributed by atoms with Crippen LogP contribution in [0.2, 0.25) is 0 Å². The molecule has 2 aromatic rings. The fraction of sp³-hybridized carbons (Fsp3) is 0.480. The number of rotatable bonds is 12. The normalized spacial score (nSPS) is 15.6. The molecule has 0 fully saturated rings. The third-order valence-electron chi connectivity index (χ3n) is 5.46. The number of ether oxygens (including phenoxy) is 2. The summed E-state index contributed by atoms with van der Waals surface area (Å²) in [6, 6.07) is 15.8. The first kappa shape index (κ1) is 22.2. The predicted octanol–water partition coefficient (Wildman–Crippen LogP) is 5.64. The standard InChI is InChI=1S/C25H34N2O3/c1-3-4-5-6-9-18-30-21-13-10-12-20(19-21)24-26-23-15-8-7-14-22(23)25(28)27(24)16-11-17-29-2/h7-8,10,12-15,19,24,26H,3-6,9,11,16-18H2,1-2H3. The van der Waals surface area contributed by atoms with Crippen molar-refractivity contribution in [3.8, 4) is 5.75 Å². The van der Waals surface area contributed by atoms with Crippen molar-refractivity contribution in [3.63, 3.8) is 0 Å². The maximum Gasteiger partial charge on any atom is 0.257 e. The van der Waals surface area contributed by atoms with Crippen LogP contribution in [0.5, 0.6) is 5.75 Å². The van der Waals surface area contributed by atoms with E-state index in [1.165, 1.54) is 25.7 Å². The van der Waals surface area contributed by atoms with Crippen LogP contribution in [0.3, 0.4) is 0 Å². The van der Waals surface area contributed by atoms with Gasteiger partial charge in [0.15, 0.2) is 0 Å². The minimum atomic E-state index is -0.225. The Morgan fingerprint density at radius 3 is 2.63 bits per heavy atom. The number of carbonyl (C=O) groups excluding carboxylic acids is 1. The fourth-order valence-electron chi connectivity index (χ4n) is 3.84. The highest BCUT2D eigenvalue weighted by molar-refractivity contribution is 6.01. The summed E-state index contributed by atoms with van der Waals surface area (Å²) in [5.74, 6) is 0.903. The number of nitrogens with zero attached hydrogens (tertiary/aromatic N) is 1. The number of unbranched alkanes of at least 4 members (excludes halogenated alkanes) is 4. The van der Waals surface area contributed by atoms with Crippen LogP contribution in [0.25, 0.3) is 0 Å². The summed E-state index contributed by atoms with van der Waals surface area (Å²) in [6.45, 7) is 4.20. The van der Waals surface area contributed by atoms with Crippen molar-refractivity contribution in [3.05, 3.63) is 59.7 Å². The molecule has 162 valence electrons. The lowest BCUT2D eigenvalue weighted by atomic mass is 10.0. The van der Waals surface area contributed by atoms with Crippen LogP contribution < -0.4 is 10.1 Å². The number of hydrogen-bond donors (Lipinski definition) is 1. The lowest BCUT2D eigenvalue weighted by molar-refractivity contribution is 0.0660. The minimum absolute atomic E-state index is 0.0488. The van der Waals surface area contributed by atoms with Crippen LogP contribution in [0.1, 0.15) is 67.5 Å². The summed E-state index contributed by atoms with van der Waals surface area (Å²) in [5.41, 5.74) is 2.61. The number of para-hydroxylation sites is 1. The zero-order valence-electron chi connectivity index (χ0n) is 18.2. The number of fused-ring (bicyclic) bond motifs is 1. The molecule has 5 nitrogen and oxygen atoms in total. The van der Waals surface area contributed by atoms with Crippen LogP contribution in [-0.2, 0) is 4.74 Å². The van der Waals surface area contributed by atoms with Gasteiger partial charge in [0, 0.05) is 25.9 Å². The molecule has 5 heteroatoms. The third-order valence-corrected chi connectivity index (χ3v) is 5.46. The van der Waals surface area contributed by atoms with Gasteiger partial charge in [0.25, 0.3) is 5.91 Å². The Hall–Kier alpha value is -2.53. The Morgan fingerprint density at radius 2 is 1.80 bits per heavy atom. The van der Waals surface area contributed by atoms with Gasteiger partial charge in [-0.3, -0.25) is 4.79 Å². The number of nitrogens with one attached hydrogen (secondary N) is 1. The Kier molecular flexibility index (Phi) is 8.57. The summed E-state index contributed by atoms with van der Waals surface area (Å²) >= 11 is 0. The zero-order chi connectivity index (χ0) is 21.2. The van der Waals surface area contributed by atoms with Crippen molar-refractivity contribution in [2.45, 2.75) is 51.6 Å². The van der Waals surface area contributed by atoms with E-state index in [1.807, 2.05) is 47.4 Å². The van der Waals surface area contributed by atoms with E-state index >= 15 is 0 Å². The molecule has 3 rings (SSSR count). The van der Waals surface area contributed by atoms with Gasteiger partial charge >= 0.3 is 0 Å². The molecular formula is C25H34N2O3. The molecule has 0 bridgehead atoms. The maximum atomic E-state index is 13.2. The van der Waals surface area contributed by atoms with Gasteiger partial charge in [0.2, 0.25) is 0 Å². The van der Waals surface area contributed by atoms with Crippen LogP contribution >= 0.6 is 0 Å². The predicted molar refractivity (Wildman–Crippen MR) is 121 cm³/mol. The van der Waals surface area contributed by atoms with Crippen LogP contribution in [0.4, 0.5) is 5.69 Å². The lowest BCUT2D eigenvalue weighted by Gasteiger charge is -2.38. The van der Waals surface area contributed by atoms with Gasteiger partial charge in [-0.15, -0.1) is 0 Å². The summed E-state index contributed by atoms with van der Waals surface area (Å²) < 4.78 is 11.2. The molecule has 1 atom stereocenters. The van der Waals surface area contributed by atoms with Crippen molar-refractivity contribution in [1.82, 2.24) is 4.90 Å². The molecule has 0 radical (unpaired) electrons. The number of amides is 1. The number of benzene rings is 2. The molecule has 1 aliphatic heterocycles. The van der Waals surface area contributed by atoms with E-state index in [0.717, 1.165) is 36.4 Å². The first-order chi connectivity index (χ1) is 14.7. The molecule has 1 aliphatic rings. The SMILES string of the molecule is CCCCCCCOc1cccc(C2Nc3ccccc3C(=O)N2CCCOC)c1. The number of anilines is 1. The third kappa shape index (κ3) is 5.76. The molecular weight excluding hydrogens is 376 g/mol. The molecule has 1 N–H and O–H groups in total. The summed E-state index contributed by atoms with van der Waals surface area (Å²) in [4.78, 5) is 15.1. The quantitative estimate of drug-likeness (QED) is 0.460. The van der Waals surface area contributed by atoms with Gasteiger partial charge in [0.1, 0.15) is 11.9 Å². The van der Waals surface area contributed by atoms with E-state index < -0.39 is 0 Å². The second kappa shape index (κ2) is 11.6. The maximum absolute atomic E-state index is 13.2. The van der Waals surface area contributed by atoms with E-state index in [-0.39, 0.29) is 12.1 Å².